The van der Waals surface area contributed by atoms with E-state index in [1.807, 2.05) is 43.5 Å². The summed E-state index contributed by atoms with van der Waals surface area (Å²) in [5.74, 6) is -0.0781. The molecule has 3 aromatic rings. The maximum atomic E-state index is 12.6. The summed E-state index contributed by atoms with van der Waals surface area (Å²) in [7, 11) is 0. The molecule has 3 rings (SSSR count). The third-order valence-electron chi connectivity index (χ3n) is 4.75. The summed E-state index contributed by atoms with van der Waals surface area (Å²) in [6.45, 7) is 4.07. The zero-order valence-electron chi connectivity index (χ0n) is 14.9. The molecule has 0 aliphatic carbocycles. The average Bonchev–Trinajstić information content (AvgIpc) is 3.06. The van der Waals surface area contributed by atoms with E-state index in [9.17, 15) is 4.79 Å². The van der Waals surface area contributed by atoms with E-state index < -0.39 is 0 Å². The van der Waals surface area contributed by atoms with Crippen LogP contribution in [0.4, 0.5) is 0 Å². The van der Waals surface area contributed by atoms with Gasteiger partial charge in [0, 0.05) is 35.5 Å². The normalized spacial score (nSPS) is 13.5. The Hall–Kier alpha value is -1.97. The zero-order valence-corrected chi connectivity index (χ0v) is 16.4. The monoisotopic (exact) mass is 388 g/mol. The Bertz CT molecular complexity index is 919. The molecule has 2 aromatic carbocycles. The molecule has 1 heterocycles. The minimum Gasteiger partial charge on any atom is -0.361 e. The maximum Gasteiger partial charge on any atom is 0.221 e. The quantitative estimate of drug-likeness (QED) is 0.541. The Morgan fingerprint density at radius 2 is 1.92 bits per heavy atom. The van der Waals surface area contributed by atoms with Crippen molar-refractivity contribution in [2.75, 3.05) is 0 Å². The molecule has 0 unspecified atom stereocenters. The molecule has 0 aliphatic rings. The van der Waals surface area contributed by atoms with Gasteiger partial charge in [0.25, 0.3) is 0 Å². The van der Waals surface area contributed by atoms with Crippen molar-refractivity contribution in [1.29, 1.82) is 0 Å². The van der Waals surface area contributed by atoms with Crippen molar-refractivity contribution >= 4 is 40.0 Å². The Balaban J connectivity index is 2.01. The van der Waals surface area contributed by atoms with Crippen molar-refractivity contribution in [3.05, 3.63) is 69.8 Å². The average molecular weight is 389 g/mol. The molecule has 0 aliphatic heterocycles. The van der Waals surface area contributed by atoms with Gasteiger partial charge in [-0.15, -0.1) is 0 Å². The largest absolute Gasteiger partial charge is 0.361 e. The predicted molar refractivity (Wildman–Crippen MR) is 109 cm³/mol. The van der Waals surface area contributed by atoms with E-state index in [-0.39, 0.29) is 17.9 Å². The Morgan fingerprint density at radius 1 is 1.15 bits per heavy atom. The molecule has 1 aromatic heterocycles. The van der Waals surface area contributed by atoms with E-state index in [0.717, 1.165) is 28.5 Å². The second-order valence-electron chi connectivity index (χ2n) is 6.60. The topological polar surface area (TPSA) is 44.9 Å². The summed E-state index contributed by atoms with van der Waals surface area (Å²) >= 11 is 12.3. The SMILES string of the molecule is CC[C@H](C)NC(=O)C[C@H](c1ccc(Cl)c(Cl)c1)c1c[nH]c2ccccc12. The predicted octanol–water partition coefficient (Wildman–Crippen LogP) is 5.91. The number of hydrogen-bond donors (Lipinski definition) is 2. The molecule has 0 spiro atoms. The summed E-state index contributed by atoms with van der Waals surface area (Å²) in [6.07, 6.45) is 3.23. The number of H-pyrrole nitrogens is 1. The highest BCUT2D eigenvalue weighted by atomic mass is 35.5. The van der Waals surface area contributed by atoms with Crippen LogP contribution in [0.15, 0.2) is 48.7 Å². The lowest BCUT2D eigenvalue weighted by atomic mass is 9.88. The molecule has 3 nitrogen and oxygen atoms in total. The number of amides is 1. The highest BCUT2D eigenvalue weighted by Gasteiger charge is 2.22. The number of rotatable bonds is 6. The van der Waals surface area contributed by atoms with Crippen molar-refractivity contribution in [3.8, 4) is 0 Å². The fourth-order valence-electron chi connectivity index (χ4n) is 3.14. The van der Waals surface area contributed by atoms with E-state index in [0.29, 0.717) is 16.5 Å². The van der Waals surface area contributed by atoms with Crippen LogP contribution in [-0.2, 0) is 4.79 Å². The molecule has 5 heteroatoms. The third kappa shape index (κ3) is 4.05. The lowest BCUT2D eigenvalue weighted by Gasteiger charge is -2.19. The number of nitrogens with one attached hydrogen (secondary N) is 2. The standard InChI is InChI=1S/C21H22Cl2N2O/c1-3-13(2)25-21(26)11-16(14-8-9-18(22)19(23)10-14)17-12-24-20-7-5-4-6-15(17)20/h4-10,12-13,16,24H,3,11H2,1-2H3,(H,25,26)/t13-,16+/m0/s1. The molecule has 136 valence electrons. The van der Waals surface area contributed by atoms with Crippen LogP contribution in [0.1, 0.15) is 43.7 Å². The summed E-state index contributed by atoms with van der Waals surface area (Å²) < 4.78 is 0. The van der Waals surface area contributed by atoms with Gasteiger partial charge in [-0.05, 0) is 42.7 Å². The maximum absolute atomic E-state index is 12.6. The summed E-state index contributed by atoms with van der Waals surface area (Å²) in [6, 6.07) is 13.8. The fourth-order valence-corrected chi connectivity index (χ4v) is 3.45. The number of halogens is 2. The van der Waals surface area contributed by atoms with Gasteiger partial charge in [0.05, 0.1) is 10.0 Å². The fraction of sp³-hybridized carbons (Fsp3) is 0.286. The van der Waals surface area contributed by atoms with Crippen LogP contribution in [0.25, 0.3) is 10.9 Å². The van der Waals surface area contributed by atoms with E-state index in [4.69, 9.17) is 23.2 Å². The van der Waals surface area contributed by atoms with Crippen molar-refractivity contribution in [2.45, 2.75) is 38.6 Å². The van der Waals surface area contributed by atoms with Gasteiger partial charge in [0.1, 0.15) is 0 Å². The number of aromatic nitrogens is 1. The van der Waals surface area contributed by atoms with Crippen molar-refractivity contribution < 1.29 is 4.79 Å². The van der Waals surface area contributed by atoms with Crippen LogP contribution in [0, 0.1) is 0 Å². The Kier molecular flexibility index (Phi) is 5.90. The number of carbonyl (C=O) groups excluding carboxylic acids is 1. The van der Waals surface area contributed by atoms with Crippen molar-refractivity contribution in [2.24, 2.45) is 0 Å². The second-order valence-corrected chi connectivity index (χ2v) is 7.41. The number of aromatic amines is 1. The van der Waals surface area contributed by atoms with Crippen LogP contribution < -0.4 is 5.32 Å². The Morgan fingerprint density at radius 3 is 2.65 bits per heavy atom. The molecule has 26 heavy (non-hydrogen) atoms. The first kappa shape index (κ1) is 18.8. The van der Waals surface area contributed by atoms with Gasteiger partial charge in [-0.1, -0.05) is 54.4 Å². The van der Waals surface area contributed by atoms with E-state index in [1.165, 1.54) is 0 Å². The third-order valence-corrected chi connectivity index (χ3v) is 5.49. The van der Waals surface area contributed by atoms with E-state index in [1.54, 1.807) is 6.07 Å². The molecule has 2 N–H and O–H groups in total. The Labute approximate surface area is 163 Å². The molecule has 2 atom stereocenters. The summed E-state index contributed by atoms with van der Waals surface area (Å²) in [4.78, 5) is 15.9. The van der Waals surface area contributed by atoms with Crippen LogP contribution in [-0.4, -0.2) is 16.9 Å². The molecule has 0 saturated heterocycles. The molecule has 1 amide bonds. The number of carbonyl (C=O) groups is 1. The zero-order chi connectivity index (χ0) is 18.7. The van der Waals surface area contributed by atoms with Gasteiger partial charge in [0.15, 0.2) is 0 Å². The minimum atomic E-state index is -0.107. The first-order chi connectivity index (χ1) is 12.5. The van der Waals surface area contributed by atoms with E-state index >= 15 is 0 Å². The minimum absolute atomic E-state index is 0.0284. The summed E-state index contributed by atoms with van der Waals surface area (Å²) in [5, 5.41) is 5.18. The highest BCUT2D eigenvalue weighted by Crippen LogP contribution is 2.36. The smallest absolute Gasteiger partial charge is 0.221 e. The van der Waals surface area contributed by atoms with Crippen LogP contribution in [0.5, 0.6) is 0 Å². The molecule has 0 fully saturated rings. The lowest BCUT2D eigenvalue weighted by Crippen LogP contribution is -2.33. The molecular weight excluding hydrogens is 367 g/mol. The van der Waals surface area contributed by atoms with Crippen molar-refractivity contribution in [1.82, 2.24) is 10.3 Å². The molecule has 0 bridgehead atoms. The number of fused-ring (bicyclic) bond motifs is 1. The first-order valence-corrected chi connectivity index (χ1v) is 9.55. The number of hydrogen-bond acceptors (Lipinski definition) is 1. The molecule has 0 saturated carbocycles. The van der Waals surface area contributed by atoms with Crippen LogP contribution in [0.3, 0.4) is 0 Å². The first-order valence-electron chi connectivity index (χ1n) is 8.80. The van der Waals surface area contributed by atoms with Gasteiger partial charge in [-0.25, -0.2) is 0 Å². The molecular formula is C21H22Cl2N2O. The lowest BCUT2D eigenvalue weighted by molar-refractivity contribution is -0.121. The highest BCUT2D eigenvalue weighted by molar-refractivity contribution is 6.42. The number of benzene rings is 2. The van der Waals surface area contributed by atoms with Crippen LogP contribution >= 0.6 is 23.2 Å². The molecule has 0 radical (unpaired) electrons. The van der Waals surface area contributed by atoms with Gasteiger partial charge < -0.3 is 10.3 Å². The van der Waals surface area contributed by atoms with Gasteiger partial charge in [-0.2, -0.15) is 0 Å². The number of para-hydroxylation sites is 1. The van der Waals surface area contributed by atoms with Crippen LogP contribution in [0.2, 0.25) is 10.0 Å². The van der Waals surface area contributed by atoms with Gasteiger partial charge in [0.2, 0.25) is 5.91 Å². The second kappa shape index (κ2) is 8.15. The van der Waals surface area contributed by atoms with Crippen molar-refractivity contribution in [3.63, 3.8) is 0 Å². The summed E-state index contributed by atoms with van der Waals surface area (Å²) in [5.41, 5.74) is 3.11. The van der Waals surface area contributed by atoms with Gasteiger partial charge >= 0.3 is 0 Å². The van der Waals surface area contributed by atoms with E-state index in [2.05, 4.69) is 23.3 Å². The van der Waals surface area contributed by atoms with Gasteiger partial charge in [-0.3, -0.25) is 4.79 Å².